The van der Waals surface area contributed by atoms with Gasteiger partial charge in [0, 0.05) is 11.8 Å². The highest BCUT2D eigenvalue weighted by molar-refractivity contribution is 5.92. The van der Waals surface area contributed by atoms with Crippen molar-refractivity contribution in [1.29, 1.82) is 0 Å². The first-order valence-electron chi connectivity index (χ1n) is 5.46. The molecule has 1 heterocycles. The van der Waals surface area contributed by atoms with Crippen LogP contribution < -0.4 is 0 Å². The minimum atomic E-state index is -0.361. The quantitative estimate of drug-likeness (QED) is 0.569. The third-order valence-electron chi connectivity index (χ3n) is 3.56. The predicted octanol–water partition coefficient (Wildman–Crippen LogP) is 2.65. The maximum atomic E-state index is 11.6. The number of hydrogen-bond acceptors (Lipinski definition) is 2. The van der Waals surface area contributed by atoms with Crippen molar-refractivity contribution in [3.8, 4) is 0 Å². The average Bonchev–Trinajstić information content (AvgIpc) is 2.45. The number of allylic oxidation sites excluding steroid dienone is 1. The van der Waals surface area contributed by atoms with Crippen LogP contribution in [0.1, 0.15) is 34.1 Å². The van der Waals surface area contributed by atoms with Crippen LogP contribution in [0, 0.1) is 5.41 Å². The summed E-state index contributed by atoms with van der Waals surface area (Å²) in [7, 11) is 0. The van der Waals surface area contributed by atoms with Gasteiger partial charge in [-0.05, 0) is 31.6 Å². The molecule has 0 aromatic heterocycles. The molecule has 0 saturated carbocycles. The van der Waals surface area contributed by atoms with Crippen molar-refractivity contribution in [2.75, 3.05) is 0 Å². The summed E-state index contributed by atoms with van der Waals surface area (Å²) in [5, 5.41) is 0. The predicted molar refractivity (Wildman–Crippen MR) is 59.6 cm³/mol. The van der Waals surface area contributed by atoms with Crippen LogP contribution in [0.15, 0.2) is 23.8 Å². The highest BCUT2D eigenvalue weighted by atomic mass is 16.5. The summed E-state index contributed by atoms with van der Waals surface area (Å²) in [6.07, 6.45) is 6.63. The molecular weight excluding hydrogens is 188 g/mol. The molecule has 2 atom stereocenters. The molecule has 0 N–H and O–H groups in total. The fourth-order valence-electron chi connectivity index (χ4n) is 2.75. The van der Waals surface area contributed by atoms with Crippen molar-refractivity contribution in [1.82, 2.24) is 0 Å². The van der Waals surface area contributed by atoms with Crippen molar-refractivity contribution in [2.24, 2.45) is 5.41 Å². The van der Waals surface area contributed by atoms with Crippen molar-refractivity contribution >= 4 is 5.78 Å². The second-order valence-corrected chi connectivity index (χ2v) is 5.27. The molecule has 2 aliphatic rings. The molecule has 0 bridgehead atoms. The SMILES string of the molecule is CC1=CC(=O)CC(C)(C)[C@@]12C=C[C@H](C)O2. The van der Waals surface area contributed by atoms with Crippen LogP contribution in [-0.4, -0.2) is 17.5 Å². The lowest BCUT2D eigenvalue weighted by Crippen LogP contribution is -2.49. The summed E-state index contributed by atoms with van der Waals surface area (Å²) in [5.74, 6) is 0.208. The number of hydrogen-bond donors (Lipinski definition) is 0. The molecule has 1 aliphatic carbocycles. The van der Waals surface area contributed by atoms with Crippen LogP contribution in [0.4, 0.5) is 0 Å². The number of ether oxygens (including phenoxy) is 1. The van der Waals surface area contributed by atoms with Crippen LogP contribution in [-0.2, 0) is 9.53 Å². The van der Waals surface area contributed by atoms with Gasteiger partial charge in [-0.1, -0.05) is 19.9 Å². The minimum absolute atomic E-state index is 0.140. The summed E-state index contributed by atoms with van der Waals surface area (Å²) in [6, 6.07) is 0. The van der Waals surface area contributed by atoms with E-state index in [0.717, 1.165) is 5.57 Å². The molecule has 0 fully saturated rings. The van der Waals surface area contributed by atoms with Crippen LogP contribution in [0.25, 0.3) is 0 Å². The zero-order chi connectivity index (χ0) is 11.3. The van der Waals surface area contributed by atoms with Gasteiger partial charge >= 0.3 is 0 Å². The molecule has 2 heteroatoms. The topological polar surface area (TPSA) is 26.3 Å². The van der Waals surface area contributed by atoms with E-state index in [1.54, 1.807) is 6.08 Å². The monoisotopic (exact) mass is 206 g/mol. The van der Waals surface area contributed by atoms with Crippen LogP contribution in [0.2, 0.25) is 0 Å². The van der Waals surface area contributed by atoms with Crippen molar-refractivity contribution < 1.29 is 9.53 Å². The first-order chi connectivity index (χ1) is 6.87. The number of carbonyl (C=O) groups is 1. The van der Waals surface area contributed by atoms with Gasteiger partial charge in [-0.3, -0.25) is 4.79 Å². The maximum absolute atomic E-state index is 11.6. The van der Waals surface area contributed by atoms with E-state index in [9.17, 15) is 4.79 Å². The van der Waals surface area contributed by atoms with E-state index in [1.165, 1.54) is 0 Å². The Morgan fingerprint density at radius 1 is 1.47 bits per heavy atom. The molecule has 15 heavy (non-hydrogen) atoms. The van der Waals surface area contributed by atoms with Gasteiger partial charge < -0.3 is 4.74 Å². The fraction of sp³-hybridized carbons (Fsp3) is 0.615. The van der Waals surface area contributed by atoms with Gasteiger partial charge in [0.05, 0.1) is 6.10 Å². The summed E-state index contributed by atoms with van der Waals surface area (Å²) >= 11 is 0. The van der Waals surface area contributed by atoms with Gasteiger partial charge in [0.15, 0.2) is 5.78 Å². The molecule has 0 radical (unpaired) electrons. The Balaban J connectivity index is 2.50. The zero-order valence-electron chi connectivity index (χ0n) is 9.83. The summed E-state index contributed by atoms with van der Waals surface area (Å²) < 4.78 is 6.03. The molecule has 0 saturated heterocycles. The van der Waals surface area contributed by atoms with Crippen molar-refractivity contribution in [2.45, 2.75) is 45.8 Å². The van der Waals surface area contributed by atoms with E-state index in [1.807, 2.05) is 13.8 Å². The Labute approximate surface area is 91.0 Å². The second-order valence-electron chi connectivity index (χ2n) is 5.27. The largest absolute Gasteiger partial charge is 0.359 e. The highest BCUT2D eigenvalue weighted by Gasteiger charge is 2.51. The normalized spacial score (nSPS) is 38.5. The van der Waals surface area contributed by atoms with Gasteiger partial charge in [0.25, 0.3) is 0 Å². The Hall–Kier alpha value is -0.890. The molecule has 0 unspecified atom stereocenters. The lowest BCUT2D eigenvalue weighted by molar-refractivity contribution is -0.125. The summed E-state index contributed by atoms with van der Waals surface area (Å²) in [4.78, 5) is 11.6. The molecule has 0 aromatic rings. The summed E-state index contributed by atoms with van der Waals surface area (Å²) in [5.41, 5.74) is 0.522. The molecule has 0 aromatic carbocycles. The number of ketones is 1. The average molecular weight is 206 g/mol. The van der Waals surface area contributed by atoms with Crippen LogP contribution in [0.3, 0.4) is 0 Å². The molecule has 1 spiro atoms. The van der Waals surface area contributed by atoms with Gasteiger partial charge in [-0.15, -0.1) is 0 Å². The van der Waals surface area contributed by atoms with Gasteiger partial charge in [0.1, 0.15) is 5.60 Å². The first-order valence-corrected chi connectivity index (χ1v) is 5.46. The Kier molecular flexibility index (Phi) is 2.16. The number of carbonyl (C=O) groups excluding carboxylic acids is 1. The summed E-state index contributed by atoms with van der Waals surface area (Å²) in [6.45, 7) is 8.22. The lowest BCUT2D eigenvalue weighted by atomic mass is 9.65. The molecule has 2 rings (SSSR count). The van der Waals surface area contributed by atoms with Crippen LogP contribution >= 0.6 is 0 Å². The smallest absolute Gasteiger partial charge is 0.156 e. The molecular formula is C13H18O2. The fourth-order valence-corrected chi connectivity index (χ4v) is 2.75. The van der Waals surface area contributed by atoms with E-state index in [0.29, 0.717) is 6.42 Å². The van der Waals surface area contributed by atoms with Crippen LogP contribution in [0.5, 0.6) is 0 Å². The third-order valence-corrected chi connectivity index (χ3v) is 3.56. The Morgan fingerprint density at radius 2 is 2.13 bits per heavy atom. The van der Waals surface area contributed by atoms with Gasteiger partial charge in [-0.2, -0.15) is 0 Å². The van der Waals surface area contributed by atoms with Gasteiger partial charge in [-0.25, -0.2) is 0 Å². The minimum Gasteiger partial charge on any atom is -0.359 e. The third kappa shape index (κ3) is 1.39. The van der Waals surface area contributed by atoms with Crippen molar-refractivity contribution in [3.63, 3.8) is 0 Å². The van der Waals surface area contributed by atoms with E-state index in [4.69, 9.17) is 4.74 Å². The van der Waals surface area contributed by atoms with E-state index < -0.39 is 0 Å². The Morgan fingerprint density at radius 3 is 2.60 bits per heavy atom. The number of rotatable bonds is 0. The molecule has 2 nitrogen and oxygen atoms in total. The molecule has 0 amide bonds. The van der Waals surface area contributed by atoms with Crippen molar-refractivity contribution in [3.05, 3.63) is 23.8 Å². The molecule has 1 aliphatic heterocycles. The second kappa shape index (κ2) is 3.05. The van der Waals surface area contributed by atoms with E-state index >= 15 is 0 Å². The van der Waals surface area contributed by atoms with Gasteiger partial charge in [0.2, 0.25) is 0 Å². The lowest BCUT2D eigenvalue weighted by Gasteiger charge is -2.46. The standard InChI is InChI=1S/C13H18O2/c1-9-7-11(14)8-12(3,4)13(9)6-5-10(2)15-13/h5-7,10H,8H2,1-4H3/t10-,13+/m0/s1. The first kappa shape index (κ1) is 10.6. The van der Waals surface area contributed by atoms with E-state index in [-0.39, 0.29) is 22.9 Å². The molecule has 82 valence electrons. The van der Waals surface area contributed by atoms with E-state index in [2.05, 4.69) is 26.0 Å². The zero-order valence-corrected chi connectivity index (χ0v) is 9.83. The highest BCUT2D eigenvalue weighted by Crippen LogP contribution is 2.49. The maximum Gasteiger partial charge on any atom is 0.156 e. The Bertz CT molecular complexity index is 363.